The van der Waals surface area contributed by atoms with E-state index in [1.54, 1.807) is 6.92 Å². The SMILES string of the molecule is CC.Cc1nc2c(s1)CN(C(=O)C(F)(F)F)CC2. The smallest absolute Gasteiger partial charge is 0.329 e. The van der Waals surface area contributed by atoms with Crippen LogP contribution in [0.1, 0.15) is 29.4 Å². The number of fused-ring (bicyclic) bond motifs is 1. The normalized spacial score (nSPS) is 14.7. The number of nitrogens with zero attached hydrogens (tertiary/aromatic N) is 2. The first-order valence-electron chi connectivity index (χ1n) is 5.69. The molecule has 1 amide bonds. The van der Waals surface area contributed by atoms with Gasteiger partial charge in [0.2, 0.25) is 0 Å². The lowest BCUT2D eigenvalue weighted by molar-refractivity contribution is -0.186. The molecule has 2 rings (SSSR count). The molecule has 102 valence electrons. The Morgan fingerprint density at radius 2 is 2.00 bits per heavy atom. The van der Waals surface area contributed by atoms with E-state index in [0.29, 0.717) is 6.42 Å². The second kappa shape index (κ2) is 5.69. The molecule has 0 unspecified atom stereocenters. The van der Waals surface area contributed by atoms with Gasteiger partial charge in [0.25, 0.3) is 0 Å². The zero-order valence-corrected chi connectivity index (χ0v) is 11.3. The minimum absolute atomic E-state index is 0.0270. The zero-order valence-electron chi connectivity index (χ0n) is 10.5. The number of carbonyl (C=O) groups is 1. The fourth-order valence-corrected chi connectivity index (χ4v) is 2.68. The summed E-state index contributed by atoms with van der Waals surface area (Å²) in [7, 11) is 0. The van der Waals surface area contributed by atoms with Crippen molar-refractivity contribution in [2.24, 2.45) is 0 Å². The van der Waals surface area contributed by atoms with E-state index < -0.39 is 12.1 Å². The van der Waals surface area contributed by atoms with Gasteiger partial charge < -0.3 is 4.90 Å². The third-order valence-electron chi connectivity index (χ3n) is 2.37. The van der Waals surface area contributed by atoms with Gasteiger partial charge in [0.1, 0.15) is 0 Å². The van der Waals surface area contributed by atoms with Gasteiger partial charge in [-0.25, -0.2) is 4.98 Å². The molecule has 0 aliphatic carbocycles. The number of halogens is 3. The molecule has 7 heteroatoms. The third-order valence-corrected chi connectivity index (χ3v) is 3.37. The van der Waals surface area contributed by atoms with Gasteiger partial charge in [0.15, 0.2) is 0 Å². The van der Waals surface area contributed by atoms with E-state index in [2.05, 4.69) is 4.98 Å². The minimum Gasteiger partial charge on any atom is -0.329 e. The van der Waals surface area contributed by atoms with Crippen molar-refractivity contribution in [3.63, 3.8) is 0 Å². The van der Waals surface area contributed by atoms with E-state index in [1.165, 1.54) is 11.3 Å². The number of thiazole rings is 1. The van der Waals surface area contributed by atoms with E-state index in [0.717, 1.165) is 20.5 Å². The molecule has 0 spiro atoms. The molecule has 0 atom stereocenters. The highest BCUT2D eigenvalue weighted by Crippen LogP contribution is 2.27. The van der Waals surface area contributed by atoms with Crippen LogP contribution in [0.2, 0.25) is 0 Å². The standard InChI is InChI=1S/C9H9F3N2OS.C2H6/c1-5-13-6-2-3-14(4-7(6)16-5)8(15)9(10,11)12;1-2/h2-4H2,1H3;1-2H3. The summed E-state index contributed by atoms with van der Waals surface area (Å²) in [5, 5.41) is 0.825. The van der Waals surface area contributed by atoms with Gasteiger partial charge >= 0.3 is 12.1 Å². The van der Waals surface area contributed by atoms with Crippen molar-refractivity contribution in [3.05, 3.63) is 15.6 Å². The Bertz CT molecular complexity index is 428. The Labute approximate surface area is 108 Å². The molecule has 18 heavy (non-hydrogen) atoms. The summed E-state index contributed by atoms with van der Waals surface area (Å²) in [5.41, 5.74) is 0.828. The van der Waals surface area contributed by atoms with Crippen LogP contribution in [0.25, 0.3) is 0 Å². The maximum absolute atomic E-state index is 12.2. The van der Waals surface area contributed by atoms with E-state index >= 15 is 0 Å². The molecule has 0 saturated heterocycles. The van der Waals surface area contributed by atoms with Crippen LogP contribution in [0.3, 0.4) is 0 Å². The fourth-order valence-electron chi connectivity index (χ4n) is 1.68. The summed E-state index contributed by atoms with van der Waals surface area (Å²) in [5.74, 6) is -1.76. The fraction of sp³-hybridized carbons (Fsp3) is 0.636. The highest BCUT2D eigenvalue weighted by atomic mass is 32.1. The number of hydrogen-bond acceptors (Lipinski definition) is 3. The van der Waals surface area contributed by atoms with Gasteiger partial charge in [-0.1, -0.05) is 13.8 Å². The lowest BCUT2D eigenvalue weighted by atomic mass is 10.2. The van der Waals surface area contributed by atoms with Crippen molar-refractivity contribution < 1.29 is 18.0 Å². The van der Waals surface area contributed by atoms with Crippen molar-refractivity contribution >= 4 is 17.2 Å². The number of hydrogen-bond donors (Lipinski definition) is 0. The highest BCUT2D eigenvalue weighted by molar-refractivity contribution is 7.11. The first-order valence-corrected chi connectivity index (χ1v) is 6.51. The van der Waals surface area contributed by atoms with E-state index in [4.69, 9.17) is 0 Å². The lowest BCUT2D eigenvalue weighted by Crippen LogP contribution is -2.43. The Kier molecular flexibility index (Phi) is 4.72. The van der Waals surface area contributed by atoms with Crippen LogP contribution in [-0.4, -0.2) is 28.5 Å². The van der Waals surface area contributed by atoms with Gasteiger partial charge in [0, 0.05) is 17.8 Å². The van der Waals surface area contributed by atoms with E-state index in [9.17, 15) is 18.0 Å². The Hall–Kier alpha value is -1.11. The molecule has 1 aromatic rings. The summed E-state index contributed by atoms with van der Waals surface area (Å²) in [4.78, 5) is 16.8. The number of amides is 1. The summed E-state index contributed by atoms with van der Waals surface area (Å²) >= 11 is 1.35. The Balaban J connectivity index is 0.000000771. The average molecular weight is 280 g/mol. The minimum atomic E-state index is -4.78. The van der Waals surface area contributed by atoms with Gasteiger partial charge in [-0.15, -0.1) is 11.3 Å². The molecular weight excluding hydrogens is 265 g/mol. The Morgan fingerprint density at radius 1 is 1.39 bits per heavy atom. The molecule has 0 N–H and O–H groups in total. The molecule has 0 saturated carbocycles. The van der Waals surface area contributed by atoms with Gasteiger partial charge in [0.05, 0.1) is 17.2 Å². The van der Waals surface area contributed by atoms with E-state index in [-0.39, 0.29) is 13.1 Å². The molecule has 0 fully saturated rings. The number of alkyl halides is 3. The van der Waals surface area contributed by atoms with Crippen LogP contribution >= 0.6 is 11.3 Å². The average Bonchev–Trinajstić information content (AvgIpc) is 2.68. The first kappa shape index (κ1) is 14.9. The summed E-state index contributed by atoms with van der Waals surface area (Å²) < 4.78 is 36.6. The van der Waals surface area contributed by atoms with Crippen molar-refractivity contribution in [2.75, 3.05) is 6.54 Å². The van der Waals surface area contributed by atoms with Crippen LogP contribution in [0.5, 0.6) is 0 Å². The van der Waals surface area contributed by atoms with Crippen LogP contribution in [0, 0.1) is 6.92 Å². The monoisotopic (exact) mass is 280 g/mol. The summed E-state index contributed by atoms with van der Waals surface area (Å²) in [6.45, 7) is 5.92. The van der Waals surface area contributed by atoms with Crippen LogP contribution in [0.4, 0.5) is 13.2 Å². The number of rotatable bonds is 0. The highest BCUT2D eigenvalue weighted by Gasteiger charge is 2.43. The quantitative estimate of drug-likeness (QED) is 0.732. The van der Waals surface area contributed by atoms with Crippen molar-refractivity contribution in [1.82, 2.24) is 9.88 Å². The second-order valence-corrected chi connectivity index (χ2v) is 4.86. The van der Waals surface area contributed by atoms with Crippen LogP contribution < -0.4 is 0 Å². The maximum atomic E-state index is 12.2. The van der Waals surface area contributed by atoms with Gasteiger partial charge in [-0.3, -0.25) is 4.79 Å². The molecule has 2 heterocycles. The Morgan fingerprint density at radius 3 is 2.56 bits per heavy atom. The van der Waals surface area contributed by atoms with Crippen molar-refractivity contribution in [1.29, 1.82) is 0 Å². The van der Waals surface area contributed by atoms with Gasteiger partial charge in [-0.2, -0.15) is 13.2 Å². The third kappa shape index (κ3) is 3.22. The van der Waals surface area contributed by atoms with E-state index in [1.807, 2.05) is 13.8 Å². The van der Waals surface area contributed by atoms with Crippen molar-refractivity contribution in [3.8, 4) is 0 Å². The largest absolute Gasteiger partial charge is 0.471 e. The van der Waals surface area contributed by atoms with Crippen LogP contribution in [0.15, 0.2) is 0 Å². The van der Waals surface area contributed by atoms with Crippen molar-refractivity contribution in [2.45, 2.75) is 39.9 Å². The van der Waals surface area contributed by atoms with Crippen LogP contribution in [-0.2, 0) is 17.8 Å². The first-order chi connectivity index (χ1) is 8.38. The topological polar surface area (TPSA) is 33.2 Å². The second-order valence-electron chi connectivity index (χ2n) is 3.58. The molecule has 1 aliphatic rings. The molecule has 0 radical (unpaired) electrons. The predicted molar refractivity (Wildman–Crippen MR) is 63.4 cm³/mol. The molecule has 1 aliphatic heterocycles. The lowest BCUT2D eigenvalue weighted by Gasteiger charge is -2.26. The summed E-state index contributed by atoms with van der Waals surface area (Å²) in [6.07, 6.45) is -4.38. The molecule has 0 aromatic carbocycles. The summed E-state index contributed by atoms with van der Waals surface area (Å²) in [6, 6.07) is 0. The molecule has 3 nitrogen and oxygen atoms in total. The predicted octanol–water partition coefficient (Wildman–Crippen LogP) is 2.92. The number of aromatic nitrogens is 1. The van der Waals surface area contributed by atoms with Gasteiger partial charge in [-0.05, 0) is 6.92 Å². The zero-order chi connectivity index (χ0) is 13.9. The number of aryl methyl sites for hydroxylation is 1. The molecular formula is C11H15F3N2OS. The number of carbonyl (C=O) groups excluding carboxylic acids is 1. The maximum Gasteiger partial charge on any atom is 0.471 e. The molecule has 0 bridgehead atoms. The molecule has 1 aromatic heterocycles.